The lowest BCUT2D eigenvalue weighted by Crippen LogP contribution is -2.56. The molecule has 0 bridgehead atoms. The molecule has 1 aliphatic heterocycles. The first kappa shape index (κ1) is 14.9. The van der Waals surface area contributed by atoms with E-state index in [0.717, 1.165) is 26.1 Å². The van der Waals surface area contributed by atoms with E-state index >= 15 is 0 Å². The van der Waals surface area contributed by atoms with Crippen LogP contribution < -0.4 is 5.32 Å². The van der Waals surface area contributed by atoms with Gasteiger partial charge >= 0.3 is 0 Å². The van der Waals surface area contributed by atoms with Gasteiger partial charge in [0.15, 0.2) is 0 Å². The molecule has 0 spiro atoms. The van der Waals surface area contributed by atoms with Crippen molar-refractivity contribution in [2.75, 3.05) is 19.6 Å². The van der Waals surface area contributed by atoms with Gasteiger partial charge in [0.2, 0.25) is 0 Å². The Morgan fingerprint density at radius 2 is 2.26 bits per heavy atom. The molecule has 1 saturated heterocycles. The highest BCUT2D eigenvalue weighted by Gasteiger charge is 2.31. The summed E-state index contributed by atoms with van der Waals surface area (Å²) in [6.45, 7) is 14.8. The van der Waals surface area contributed by atoms with E-state index in [-0.39, 0.29) is 0 Å². The molecule has 1 aliphatic rings. The molecule has 2 rings (SSSR count). The normalized spacial score (nSPS) is 23.5. The van der Waals surface area contributed by atoms with Crippen molar-refractivity contribution in [1.82, 2.24) is 15.2 Å². The first-order valence-electron chi connectivity index (χ1n) is 7.34. The van der Waals surface area contributed by atoms with E-state index in [0.29, 0.717) is 17.5 Å². The summed E-state index contributed by atoms with van der Waals surface area (Å²) in [4.78, 5) is 8.57. The fourth-order valence-corrected chi connectivity index (χ4v) is 3.48. The molecular formula is C15H27N3S. The number of rotatable bonds is 3. The van der Waals surface area contributed by atoms with Gasteiger partial charge in [-0.3, -0.25) is 4.90 Å². The van der Waals surface area contributed by atoms with Crippen LogP contribution in [0.1, 0.15) is 50.5 Å². The summed E-state index contributed by atoms with van der Waals surface area (Å²) in [6, 6.07) is 1.01. The lowest BCUT2D eigenvalue weighted by Gasteiger charge is -2.42. The van der Waals surface area contributed by atoms with Gasteiger partial charge in [0.05, 0.1) is 6.04 Å². The first-order valence-corrected chi connectivity index (χ1v) is 8.15. The van der Waals surface area contributed by atoms with Crippen molar-refractivity contribution in [3.8, 4) is 0 Å². The molecule has 2 unspecified atom stereocenters. The molecule has 1 fully saturated rings. The van der Waals surface area contributed by atoms with Crippen molar-refractivity contribution < 1.29 is 0 Å². The molecule has 3 nitrogen and oxygen atoms in total. The Labute approximate surface area is 121 Å². The quantitative estimate of drug-likeness (QED) is 0.923. The third-order valence-corrected chi connectivity index (χ3v) is 5.39. The highest BCUT2D eigenvalue weighted by atomic mass is 32.1. The molecule has 108 valence electrons. The second-order valence-corrected chi connectivity index (χ2v) is 7.71. The number of thiazole rings is 1. The van der Waals surface area contributed by atoms with Crippen LogP contribution in [0.25, 0.3) is 0 Å². The number of nitrogens with one attached hydrogen (secondary N) is 1. The number of piperazine rings is 1. The maximum absolute atomic E-state index is 4.61. The van der Waals surface area contributed by atoms with Crippen molar-refractivity contribution in [2.24, 2.45) is 5.41 Å². The van der Waals surface area contributed by atoms with Crippen molar-refractivity contribution in [1.29, 1.82) is 0 Å². The van der Waals surface area contributed by atoms with Crippen LogP contribution in [0.4, 0.5) is 0 Å². The third-order valence-electron chi connectivity index (χ3n) is 4.08. The largest absolute Gasteiger partial charge is 0.311 e. The number of hydrogen-bond donors (Lipinski definition) is 1. The molecule has 0 radical (unpaired) electrons. The summed E-state index contributed by atoms with van der Waals surface area (Å²) < 4.78 is 0. The Balaban J connectivity index is 2.04. The van der Waals surface area contributed by atoms with Gasteiger partial charge in [-0.25, -0.2) is 4.98 Å². The lowest BCUT2D eigenvalue weighted by molar-refractivity contribution is 0.104. The Hall–Kier alpha value is -0.450. The predicted molar refractivity (Wildman–Crippen MR) is 82.7 cm³/mol. The molecule has 19 heavy (non-hydrogen) atoms. The van der Waals surface area contributed by atoms with E-state index in [1.165, 1.54) is 9.88 Å². The first-order chi connectivity index (χ1) is 8.91. The number of nitrogens with zero attached hydrogens (tertiary/aromatic N) is 2. The smallest absolute Gasteiger partial charge is 0.110 e. The van der Waals surface area contributed by atoms with Gasteiger partial charge in [0.1, 0.15) is 5.01 Å². The van der Waals surface area contributed by atoms with Crippen LogP contribution in [0, 0.1) is 5.41 Å². The van der Waals surface area contributed by atoms with E-state index in [1.807, 2.05) is 17.5 Å². The average Bonchev–Trinajstić information content (AvgIpc) is 2.86. The summed E-state index contributed by atoms with van der Waals surface area (Å²) in [5.41, 5.74) is 0.315. The maximum atomic E-state index is 4.61. The number of hydrogen-bond acceptors (Lipinski definition) is 4. The lowest BCUT2D eigenvalue weighted by atomic mass is 9.85. The Morgan fingerprint density at radius 3 is 2.84 bits per heavy atom. The summed E-state index contributed by atoms with van der Waals surface area (Å²) in [6.07, 6.45) is 3.14. The maximum Gasteiger partial charge on any atom is 0.110 e. The van der Waals surface area contributed by atoms with Crippen LogP contribution in [0.5, 0.6) is 0 Å². The highest BCUT2D eigenvalue weighted by molar-refractivity contribution is 7.11. The monoisotopic (exact) mass is 281 g/mol. The van der Waals surface area contributed by atoms with Crippen LogP contribution in [0.3, 0.4) is 0 Å². The van der Waals surface area contributed by atoms with Crippen LogP contribution in [-0.4, -0.2) is 35.6 Å². The van der Waals surface area contributed by atoms with E-state index in [4.69, 9.17) is 0 Å². The average molecular weight is 281 g/mol. The van der Waals surface area contributed by atoms with Gasteiger partial charge in [-0.2, -0.15) is 0 Å². The second-order valence-electron chi connectivity index (χ2n) is 6.56. The minimum absolute atomic E-state index is 0.315. The van der Waals surface area contributed by atoms with Gasteiger partial charge in [0.25, 0.3) is 0 Å². The summed E-state index contributed by atoms with van der Waals surface area (Å²) in [7, 11) is 0. The van der Waals surface area contributed by atoms with Crippen LogP contribution in [0.2, 0.25) is 0 Å². The number of aryl methyl sites for hydroxylation is 1. The van der Waals surface area contributed by atoms with Crippen molar-refractivity contribution in [2.45, 2.75) is 53.1 Å². The van der Waals surface area contributed by atoms with E-state index in [2.05, 4.69) is 49.8 Å². The van der Waals surface area contributed by atoms with E-state index in [1.54, 1.807) is 0 Å². The minimum Gasteiger partial charge on any atom is -0.311 e. The Kier molecular flexibility index (Phi) is 4.64. The SMILES string of the molecule is CCc1cnc(C(C)N2CCNC(C(C)(C)C)C2)s1. The zero-order chi connectivity index (χ0) is 14.0. The fourth-order valence-electron chi connectivity index (χ4n) is 2.54. The molecule has 4 heteroatoms. The Morgan fingerprint density at radius 1 is 1.53 bits per heavy atom. The molecule has 1 aromatic heterocycles. The Bertz CT molecular complexity index is 408. The third kappa shape index (κ3) is 3.56. The van der Waals surface area contributed by atoms with Crippen LogP contribution >= 0.6 is 11.3 Å². The molecule has 0 amide bonds. The highest BCUT2D eigenvalue weighted by Crippen LogP contribution is 2.29. The van der Waals surface area contributed by atoms with E-state index in [9.17, 15) is 0 Å². The molecule has 0 saturated carbocycles. The van der Waals surface area contributed by atoms with E-state index < -0.39 is 0 Å². The van der Waals surface area contributed by atoms with Crippen molar-refractivity contribution >= 4 is 11.3 Å². The predicted octanol–water partition coefficient (Wildman–Crippen LogP) is 3.09. The van der Waals surface area contributed by atoms with Crippen LogP contribution in [-0.2, 0) is 6.42 Å². The molecule has 0 aliphatic carbocycles. The summed E-state index contributed by atoms with van der Waals surface area (Å²) >= 11 is 1.87. The van der Waals surface area contributed by atoms with Gasteiger partial charge in [-0.05, 0) is 18.8 Å². The fraction of sp³-hybridized carbons (Fsp3) is 0.800. The molecule has 0 aromatic carbocycles. The summed E-state index contributed by atoms with van der Waals surface area (Å²) in [5.74, 6) is 0. The molecule has 2 atom stereocenters. The molecular weight excluding hydrogens is 254 g/mol. The van der Waals surface area contributed by atoms with Gasteiger partial charge in [-0.15, -0.1) is 11.3 Å². The molecule has 1 N–H and O–H groups in total. The molecule has 1 aromatic rings. The molecule has 2 heterocycles. The second kappa shape index (κ2) is 5.90. The topological polar surface area (TPSA) is 28.2 Å². The standard InChI is InChI=1S/C15H27N3S/c1-6-12-9-17-14(19-12)11(2)18-8-7-16-13(10-18)15(3,4)5/h9,11,13,16H,6-8,10H2,1-5H3. The number of aromatic nitrogens is 1. The van der Waals surface area contributed by atoms with Crippen molar-refractivity contribution in [3.05, 3.63) is 16.1 Å². The van der Waals surface area contributed by atoms with Gasteiger partial charge in [0, 0.05) is 36.8 Å². The van der Waals surface area contributed by atoms with Gasteiger partial charge < -0.3 is 5.32 Å². The minimum atomic E-state index is 0.315. The summed E-state index contributed by atoms with van der Waals surface area (Å²) in [5, 5.41) is 4.92. The van der Waals surface area contributed by atoms with Crippen LogP contribution in [0.15, 0.2) is 6.20 Å². The zero-order valence-electron chi connectivity index (χ0n) is 12.9. The van der Waals surface area contributed by atoms with Crippen molar-refractivity contribution in [3.63, 3.8) is 0 Å². The van der Waals surface area contributed by atoms with Gasteiger partial charge in [-0.1, -0.05) is 27.7 Å². The zero-order valence-corrected chi connectivity index (χ0v) is 13.7.